The third kappa shape index (κ3) is 8.18. The van der Waals surface area contributed by atoms with E-state index in [2.05, 4.69) is 121 Å². The maximum absolute atomic E-state index is 5.12. The molecular weight excluding hydrogens is 805 g/mol. The van der Waals surface area contributed by atoms with Crippen molar-refractivity contribution < 1.29 is 0 Å². The smallest absolute Gasteiger partial charge is 0.164 e. The highest BCUT2D eigenvalue weighted by molar-refractivity contribution is 6.02. The highest BCUT2D eigenvalue weighted by atomic mass is 15.0. The molecule has 0 aliphatic carbocycles. The molecule has 0 N–H and O–H groups in total. The summed E-state index contributed by atoms with van der Waals surface area (Å²) < 4.78 is 0. The predicted molar refractivity (Wildman–Crippen MR) is 268 cm³/mol. The summed E-state index contributed by atoms with van der Waals surface area (Å²) in [5.74, 6) is 3.63. The predicted octanol–water partition coefficient (Wildman–Crippen LogP) is 14.7. The maximum Gasteiger partial charge on any atom is 0.164 e. The third-order valence-electron chi connectivity index (χ3n) is 11.6. The van der Waals surface area contributed by atoms with Gasteiger partial charge >= 0.3 is 0 Å². The molecule has 0 unspecified atom stereocenters. The summed E-state index contributed by atoms with van der Waals surface area (Å²) in [7, 11) is 0. The Kier molecular flexibility index (Phi) is 10.9. The zero-order chi connectivity index (χ0) is 44.1. The van der Waals surface area contributed by atoms with E-state index < -0.39 is 0 Å². The Morgan fingerprint density at radius 3 is 0.652 bits per heavy atom. The highest BCUT2D eigenvalue weighted by Crippen LogP contribution is 2.47. The van der Waals surface area contributed by atoms with Crippen LogP contribution in [-0.2, 0) is 0 Å². The van der Waals surface area contributed by atoms with Crippen LogP contribution in [0.4, 0.5) is 0 Å². The Bertz CT molecular complexity index is 3090. The molecule has 310 valence electrons. The lowest BCUT2D eigenvalue weighted by Crippen LogP contribution is -2.01. The van der Waals surface area contributed by atoms with Crippen molar-refractivity contribution in [1.29, 1.82) is 0 Å². The SMILES string of the molecule is c1ccc(-c2nc(-c3ccccc3)nc(-c3cccc(-c4c(-c5ccccc5)ccc(-c5ccccc5)c4-c4cccc(-c5nc(-c6ccccc6)nc(-c6ccccc6)n5)c4)c3)n2)cc1. The Morgan fingerprint density at radius 1 is 0.167 bits per heavy atom. The van der Waals surface area contributed by atoms with Crippen LogP contribution in [0.5, 0.6) is 0 Å². The fourth-order valence-electron chi connectivity index (χ4n) is 8.42. The fourth-order valence-corrected chi connectivity index (χ4v) is 8.42. The summed E-state index contributed by atoms with van der Waals surface area (Å²) in [6, 6.07) is 83.2. The van der Waals surface area contributed by atoms with Crippen molar-refractivity contribution in [3.63, 3.8) is 0 Å². The van der Waals surface area contributed by atoms with Gasteiger partial charge in [-0.2, -0.15) is 0 Å². The van der Waals surface area contributed by atoms with Crippen molar-refractivity contribution in [3.8, 4) is 113 Å². The van der Waals surface area contributed by atoms with Gasteiger partial charge in [-0.3, -0.25) is 0 Å². The van der Waals surface area contributed by atoms with Crippen LogP contribution in [0.3, 0.4) is 0 Å². The summed E-state index contributed by atoms with van der Waals surface area (Å²) in [4.78, 5) is 30.4. The molecule has 0 fully saturated rings. The molecule has 2 heterocycles. The zero-order valence-electron chi connectivity index (χ0n) is 35.8. The molecule has 0 saturated carbocycles. The average molecular weight is 845 g/mol. The van der Waals surface area contributed by atoms with Gasteiger partial charge in [0.1, 0.15) is 0 Å². The molecule has 66 heavy (non-hydrogen) atoms. The van der Waals surface area contributed by atoms with Gasteiger partial charge in [0.05, 0.1) is 0 Å². The fraction of sp³-hybridized carbons (Fsp3) is 0. The molecule has 2 aromatic heterocycles. The van der Waals surface area contributed by atoms with E-state index in [1.807, 2.05) is 121 Å². The lowest BCUT2D eigenvalue weighted by Gasteiger charge is -2.21. The quantitative estimate of drug-likeness (QED) is 0.136. The lowest BCUT2D eigenvalue weighted by atomic mass is 9.82. The molecule has 0 radical (unpaired) electrons. The van der Waals surface area contributed by atoms with Gasteiger partial charge in [-0.25, -0.2) is 29.9 Å². The van der Waals surface area contributed by atoms with Crippen LogP contribution < -0.4 is 0 Å². The molecule has 0 aliphatic rings. The monoisotopic (exact) mass is 844 g/mol. The minimum atomic E-state index is 0.590. The molecule has 6 heteroatoms. The van der Waals surface area contributed by atoms with Gasteiger partial charge in [0, 0.05) is 33.4 Å². The van der Waals surface area contributed by atoms with Crippen LogP contribution in [0.15, 0.2) is 243 Å². The van der Waals surface area contributed by atoms with Gasteiger partial charge in [0.25, 0.3) is 0 Å². The van der Waals surface area contributed by atoms with E-state index in [4.69, 9.17) is 29.9 Å². The van der Waals surface area contributed by atoms with Crippen molar-refractivity contribution in [2.24, 2.45) is 0 Å². The number of hydrogen-bond acceptors (Lipinski definition) is 6. The molecule has 0 bridgehead atoms. The van der Waals surface area contributed by atoms with Crippen LogP contribution in [0.2, 0.25) is 0 Å². The Labute approximate surface area is 383 Å². The van der Waals surface area contributed by atoms with E-state index in [1.54, 1.807) is 0 Å². The van der Waals surface area contributed by atoms with Crippen molar-refractivity contribution >= 4 is 0 Å². The Hall–Kier alpha value is -9.00. The number of aromatic nitrogens is 6. The molecule has 11 rings (SSSR count). The minimum absolute atomic E-state index is 0.590. The third-order valence-corrected chi connectivity index (χ3v) is 11.6. The standard InChI is InChI=1S/C60H40N6/c1-7-21-41(22-8-1)51-37-38-52(42-23-9-2-10-24-42)54(48-34-20-36-50(40-48)60-65-57(45-29-15-5-16-30-45)62-58(66-60)46-31-17-6-18-32-46)53(51)47-33-19-35-49(39-47)59-63-55(43-25-11-3-12-26-43)61-56(64-59)44-27-13-4-14-28-44/h1-40H. The minimum Gasteiger partial charge on any atom is -0.208 e. The van der Waals surface area contributed by atoms with Crippen LogP contribution in [0, 0.1) is 0 Å². The number of benzene rings is 9. The molecule has 0 amide bonds. The van der Waals surface area contributed by atoms with E-state index in [-0.39, 0.29) is 0 Å². The molecule has 0 aliphatic heterocycles. The summed E-state index contributed by atoms with van der Waals surface area (Å²) in [6.07, 6.45) is 0. The first-order chi connectivity index (χ1) is 32.7. The number of nitrogens with zero attached hydrogens (tertiary/aromatic N) is 6. The Morgan fingerprint density at radius 2 is 0.379 bits per heavy atom. The van der Waals surface area contributed by atoms with E-state index >= 15 is 0 Å². The average Bonchev–Trinajstić information content (AvgIpc) is 3.41. The van der Waals surface area contributed by atoms with Gasteiger partial charge in [0.15, 0.2) is 34.9 Å². The summed E-state index contributed by atoms with van der Waals surface area (Å²) in [5.41, 5.74) is 14.0. The van der Waals surface area contributed by atoms with Crippen molar-refractivity contribution in [2.75, 3.05) is 0 Å². The summed E-state index contributed by atoms with van der Waals surface area (Å²) >= 11 is 0. The summed E-state index contributed by atoms with van der Waals surface area (Å²) in [5, 5.41) is 0. The van der Waals surface area contributed by atoms with Crippen molar-refractivity contribution in [2.45, 2.75) is 0 Å². The lowest BCUT2D eigenvalue weighted by molar-refractivity contribution is 1.07. The highest BCUT2D eigenvalue weighted by Gasteiger charge is 2.22. The second-order valence-electron chi connectivity index (χ2n) is 15.9. The van der Waals surface area contributed by atoms with Gasteiger partial charge in [0.2, 0.25) is 0 Å². The van der Waals surface area contributed by atoms with E-state index in [0.717, 1.165) is 77.9 Å². The maximum atomic E-state index is 5.12. The first-order valence-electron chi connectivity index (χ1n) is 22.0. The second kappa shape index (κ2) is 18.0. The first-order valence-corrected chi connectivity index (χ1v) is 22.0. The molecule has 11 aromatic rings. The van der Waals surface area contributed by atoms with E-state index in [9.17, 15) is 0 Å². The number of rotatable bonds is 10. The largest absolute Gasteiger partial charge is 0.208 e. The van der Waals surface area contributed by atoms with Gasteiger partial charge < -0.3 is 0 Å². The van der Waals surface area contributed by atoms with E-state index in [0.29, 0.717) is 34.9 Å². The topological polar surface area (TPSA) is 77.3 Å². The molecule has 6 nitrogen and oxygen atoms in total. The Balaban J connectivity index is 1.14. The molecule has 0 saturated heterocycles. The van der Waals surface area contributed by atoms with Crippen LogP contribution in [0.1, 0.15) is 0 Å². The molecule has 0 spiro atoms. The van der Waals surface area contributed by atoms with Gasteiger partial charge in [-0.05, 0) is 56.6 Å². The number of hydrogen-bond donors (Lipinski definition) is 0. The van der Waals surface area contributed by atoms with Crippen molar-refractivity contribution in [1.82, 2.24) is 29.9 Å². The molecule has 0 atom stereocenters. The zero-order valence-corrected chi connectivity index (χ0v) is 35.8. The first kappa shape index (κ1) is 39.8. The van der Waals surface area contributed by atoms with Crippen LogP contribution in [-0.4, -0.2) is 29.9 Å². The van der Waals surface area contributed by atoms with Gasteiger partial charge in [-0.1, -0.05) is 231 Å². The van der Waals surface area contributed by atoms with Gasteiger partial charge in [-0.15, -0.1) is 0 Å². The normalized spacial score (nSPS) is 11.0. The van der Waals surface area contributed by atoms with Crippen LogP contribution in [0.25, 0.3) is 113 Å². The summed E-state index contributed by atoms with van der Waals surface area (Å²) in [6.45, 7) is 0. The van der Waals surface area contributed by atoms with E-state index in [1.165, 1.54) is 0 Å². The molecule has 9 aromatic carbocycles. The molecular formula is C60H40N6. The second-order valence-corrected chi connectivity index (χ2v) is 15.9. The van der Waals surface area contributed by atoms with Crippen LogP contribution >= 0.6 is 0 Å². The van der Waals surface area contributed by atoms with Crippen molar-refractivity contribution in [3.05, 3.63) is 243 Å².